The van der Waals surface area contributed by atoms with Crippen molar-refractivity contribution in [3.8, 4) is 0 Å². The van der Waals surface area contributed by atoms with E-state index in [2.05, 4.69) is 22.5 Å². The van der Waals surface area contributed by atoms with Gasteiger partial charge in [-0.15, -0.1) is 0 Å². The number of fused-ring (bicyclic) bond motifs is 1. The molecule has 2 amide bonds. The van der Waals surface area contributed by atoms with E-state index in [1.54, 1.807) is 4.90 Å². The fourth-order valence-electron chi connectivity index (χ4n) is 5.34. The Bertz CT molecular complexity index is 903. The van der Waals surface area contributed by atoms with Crippen LogP contribution in [0.5, 0.6) is 0 Å². The van der Waals surface area contributed by atoms with Crippen LogP contribution in [-0.2, 0) is 13.0 Å². The fraction of sp³-hybridized carbons (Fsp3) is 0.545. The maximum Gasteiger partial charge on any atom is 0.317 e. The third-order valence-corrected chi connectivity index (χ3v) is 6.73. The van der Waals surface area contributed by atoms with Crippen molar-refractivity contribution in [2.24, 2.45) is 5.41 Å². The summed E-state index contributed by atoms with van der Waals surface area (Å²) < 4.78 is 28.7. The average Bonchev–Trinajstić information content (AvgIpc) is 3.28. The molecule has 2 aliphatic carbocycles. The van der Waals surface area contributed by atoms with Crippen LogP contribution in [0, 0.1) is 5.41 Å². The van der Waals surface area contributed by atoms with Gasteiger partial charge in [-0.1, -0.05) is 30.3 Å². The van der Waals surface area contributed by atoms with Crippen molar-refractivity contribution in [3.05, 3.63) is 53.3 Å². The van der Waals surface area contributed by atoms with Gasteiger partial charge in [-0.3, -0.25) is 4.68 Å². The lowest BCUT2D eigenvalue weighted by atomic mass is 9.65. The zero-order valence-electron chi connectivity index (χ0n) is 16.4. The highest BCUT2D eigenvalue weighted by atomic mass is 19.3. The molecule has 2 aromatic rings. The molecule has 1 saturated heterocycles. The molecule has 154 valence electrons. The summed E-state index contributed by atoms with van der Waals surface area (Å²) in [5, 5.41) is 7.73. The molecule has 29 heavy (non-hydrogen) atoms. The maximum absolute atomic E-state index is 13.3. The second-order valence-corrected chi connectivity index (χ2v) is 8.97. The molecule has 1 saturated carbocycles. The van der Waals surface area contributed by atoms with Crippen LogP contribution in [0.2, 0.25) is 0 Å². The molecule has 2 fully saturated rings. The van der Waals surface area contributed by atoms with Gasteiger partial charge in [0.2, 0.25) is 5.92 Å². The molecule has 3 aliphatic rings. The van der Waals surface area contributed by atoms with E-state index in [0.29, 0.717) is 19.5 Å². The molecule has 1 spiro atoms. The Balaban J connectivity index is 1.25. The third-order valence-electron chi connectivity index (χ3n) is 6.73. The number of urea groups is 1. The molecule has 1 unspecified atom stereocenters. The first-order valence-corrected chi connectivity index (χ1v) is 10.4. The predicted octanol–water partition coefficient (Wildman–Crippen LogP) is 4.14. The number of nitrogens with zero attached hydrogens (tertiary/aromatic N) is 3. The van der Waals surface area contributed by atoms with Crippen molar-refractivity contribution < 1.29 is 13.6 Å². The van der Waals surface area contributed by atoms with Crippen LogP contribution in [0.4, 0.5) is 13.6 Å². The summed E-state index contributed by atoms with van der Waals surface area (Å²) >= 11 is 0. The minimum Gasteiger partial charge on any atom is -0.331 e. The summed E-state index contributed by atoms with van der Waals surface area (Å²) in [6, 6.07) is 10.0. The number of nitrogens with one attached hydrogen (secondary N) is 1. The largest absolute Gasteiger partial charge is 0.331 e. The molecular weight excluding hydrogens is 374 g/mol. The van der Waals surface area contributed by atoms with Crippen molar-refractivity contribution in [1.82, 2.24) is 20.0 Å². The van der Waals surface area contributed by atoms with Crippen molar-refractivity contribution in [1.29, 1.82) is 0 Å². The van der Waals surface area contributed by atoms with E-state index in [0.717, 1.165) is 31.4 Å². The lowest BCUT2D eigenvalue weighted by Gasteiger charge is -2.44. The first-order chi connectivity index (χ1) is 13.9. The molecule has 5 nitrogen and oxygen atoms in total. The van der Waals surface area contributed by atoms with Gasteiger partial charge in [0.1, 0.15) is 0 Å². The van der Waals surface area contributed by atoms with Crippen molar-refractivity contribution in [3.63, 3.8) is 0 Å². The summed E-state index contributed by atoms with van der Waals surface area (Å²) in [6.07, 6.45) is 5.23. The molecule has 1 aromatic heterocycles. The summed E-state index contributed by atoms with van der Waals surface area (Å²) in [4.78, 5) is 14.5. The zero-order valence-corrected chi connectivity index (χ0v) is 16.4. The Kier molecular flexibility index (Phi) is 4.37. The summed E-state index contributed by atoms with van der Waals surface area (Å²) in [5.41, 5.74) is 3.11. The highest BCUT2D eigenvalue weighted by Crippen LogP contribution is 2.56. The Morgan fingerprint density at radius 3 is 2.79 bits per heavy atom. The summed E-state index contributed by atoms with van der Waals surface area (Å²) in [6.45, 7) is 1.73. The topological polar surface area (TPSA) is 50.2 Å². The zero-order chi connectivity index (χ0) is 20.1. The number of benzene rings is 1. The highest BCUT2D eigenvalue weighted by molar-refractivity contribution is 5.75. The predicted molar refractivity (Wildman–Crippen MR) is 105 cm³/mol. The van der Waals surface area contributed by atoms with E-state index in [1.807, 2.05) is 29.1 Å². The first kappa shape index (κ1) is 18.6. The average molecular weight is 400 g/mol. The van der Waals surface area contributed by atoms with Gasteiger partial charge in [0.25, 0.3) is 0 Å². The van der Waals surface area contributed by atoms with Gasteiger partial charge in [0, 0.05) is 42.6 Å². The van der Waals surface area contributed by atoms with Crippen LogP contribution >= 0.6 is 0 Å². The molecular formula is C22H26F2N4O. The Labute approximate surface area is 169 Å². The van der Waals surface area contributed by atoms with Gasteiger partial charge in [-0.25, -0.2) is 13.6 Å². The number of aromatic nitrogens is 2. The number of carbonyl (C=O) groups is 1. The van der Waals surface area contributed by atoms with Gasteiger partial charge in [0.05, 0.1) is 18.8 Å². The van der Waals surface area contributed by atoms with Crippen molar-refractivity contribution in [2.45, 2.75) is 57.0 Å². The van der Waals surface area contributed by atoms with E-state index >= 15 is 0 Å². The van der Waals surface area contributed by atoms with Crippen LogP contribution < -0.4 is 5.32 Å². The first-order valence-electron chi connectivity index (χ1n) is 10.4. The molecule has 1 aromatic carbocycles. The van der Waals surface area contributed by atoms with Gasteiger partial charge in [-0.2, -0.15) is 5.10 Å². The van der Waals surface area contributed by atoms with Gasteiger partial charge in [-0.05, 0) is 31.2 Å². The summed E-state index contributed by atoms with van der Waals surface area (Å²) in [5.74, 6) is -2.54. The molecule has 5 rings (SSSR count). The summed E-state index contributed by atoms with van der Waals surface area (Å²) in [7, 11) is 0. The molecule has 1 atom stereocenters. The van der Waals surface area contributed by atoms with Crippen LogP contribution in [-0.4, -0.2) is 39.7 Å². The number of rotatable bonds is 3. The highest BCUT2D eigenvalue weighted by Gasteiger charge is 2.59. The van der Waals surface area contributed by atoms with Crippen LogP contribution in [0.15, 0.2) is 36.5 Å². The number of alkyl halides is 2. The number of hydrogen-bond donors (Lipinski definition) is 1. The minimum absolute atomic E-state index is 0.0600. The Morgan fingerprint density at radius 1 is 1.24 bits per heavy atom. The third kappa shape index (κ3) is 3.51. The van der Waals surface area contributed by atoms with E-state index in [1.165, 1.54) is 11.3 Å². The second kappa shape index (κ2) is 6.82. The lowest BCUT2D eigenvalue weighted by molar-refractivity contribution is -0.154. The van der Waals surface area contributed by atoms with Gasteiger partial charge < -0.3 is 10.2 Å². The monoisotopic (exact) mass is 400 g/mol. The quantitative estimate of drug-likeness (QED) is 0.842. The molecule has 7 heteroatoms. The number of hydrogen-bond acceptors (Lipinski definition) is 2. The molecule has 0 radical (unpaired) electrons. The standard InChI is InChI=1S/C22H26F2N4O/c23-22(24)13-21(14-22)9-10-27(15-21)20(29)26-18-7-4-8-19-17(18)11-25-28(19)12-16-5-2-1-3-6-16/h1-3,5-6,11,18H,4,7-10,12-15H2,(H,26,29). The number of halogens is 2. The number of amides is 2. The SMILES string of the molecule is O=C(NC1CCCc2c1cnn2Cc1ccccc1)N1CCC2(C1)CC(F)(F)C2. The van der Waals surface area contributed by atoms with Crippen molar-refractivity contribution in [2.75, 3.05) is 13.1 Å². The normalized spacial score (nSPS) is 24.2. The molecule has 1 aliphatic heterocycles. The van der Waals surface area contributed by atoms with E-state index in [4.69, 9.17) is 0 Å². The van der Waals surface area contributed by atoms with Crippen LogP contribution in [0.1, 0.15) is 55.0 Å². The number of carbonyl (C=O) groups excluding carboxylic acids is 1. The minimum atomic E-state index is -2.54. The molecule has 0 bridgehead atoms. The fourth-order valence-corrected chi connectivity index (χ4v) is 5.34. The number of likely N-dealkylation sites (tertiary alicyclic amines) is 1. The Hall–Kier alpha value is -2.44. The molecule has 1 N–H and O–H groups in total. The van der Waals surface area contributed by atoms with E-state index < -0.39 is 5.92 Å². The van der Waals surface area contributed by atoms with E-state index in [-0.39, 0.29) is 30.3 Å². The van der Waals surface area contributed by atoms with Gasteiger partial charge in [0.15, 0.2) is 0 Å². The van der Waals surface area contributed by atoms with E-state index in [9.17, 15) is 13.6 Å². The lowest BCUT2D eigenvalue weighted by Crippen LogP contribution is -2.49. The van der Waals surface area contributed by atoms with Crippen LogP contribution in [0.3, 0.4) is 0 Å². The maximum atomic E-state index is 13.3. The molecule has 2 heterocycles. The smallest absolute Gasteiger partial charge is 0.317 e. The van der Waals surface area contributed by atoms with Gasteiger partial charge >= 0.3 is 6.03 Å². The second-order valence-electron chi connectivity index (χ2n) is 8.97. The Morgan fingerprint density at radius 2 is 2.03 bits per heavy atom. The van der Waals surface area contributed by atoms with Crippen LogP contribution in [0.25, 0.3) is 0 Å². The van der Waals surface area contributed by atoms with Crippen molar-refractivity contribution >= 4 is 6.03 Å².